The number of pyridine rings is 1. The van der Waals surface area contributed by atoms with Gasteiger partial charge in [0.05, 0.1) is 36.4 Å². The van der Waals surface area contributed by atoms with Crippen LogP contribution in [0.2, 0.25) is 0 Å². The van der Waals surface area contributed by atoms with Crippen LogP contribution in [-0.2, 0) is 10.9 Å². The molecule has 3 aromatic rings. The summed E-state index contributed by atoms with van der Waals surface area (Å²) in [5.74, 6) is 0.481. The maximum absolute atomic E-state index is 12.8. The van der Waals surface area contributed by atoms with Crippen LogP contribution in [0.4, 0.5) is 24.7 Å². The molecule has 2 aromatic heterocycles. The number of carbonyl (C=O) groups excluding carboxylic acids is 1. The van der Waals surface area contributed by atoms with Crippen LogP contribution in [0.25, 0.3) is 10.6 Å². The SMILES string of the molecule is Cc1nc(-c2ccc(C(F)(F)F)cc2)sc1C(=O)Nc1ccc(N2CCOCC2)nc1. The zero-order valence-electron chi connectivity index (χ0n) is 16.6. The fraction of sp³-hybridized carbons (Fsp3) is 0.286. The minimum absolute atomic E-state index is 0.339. The van der Waals surface area contributed by atoms with Crippen LogP contribution in [-0.4, -0.2) is 42.2 Å². The van der Waals surface area contributed by atoms with Crippen LogP contribution in [0.15, 0.2) is 42.6 Å². The first-order valence-electron chi connectivity index (χ1n) is 9.56. The topological polar surface area (TPSA) is 67.4 Å². The van der Waals surface area contributed by atoms with Gasteiger partial charge in [-0.15, -0.1) is 11.3 Å². The summed E-state index contributed by atoms with van der Waals surface area (Å²) in [6.07, 6.45) is -2.80. The average molecular weight is 448 g/mol. The van der Waals surface area contributed by atoms with Crippen molar-refractivity contribution in [3.63, 3.8) is 0 Å². The van der Waals surface area contributed by atoms with E-state index in [2.05, 4.69) is 20.2 Å². The van der Waals surface area contributed by atoms with Gasteiger partial charge in [-0.05, 0) is 31.2 Å². The average Bonchev–Trinajstić information content (AvgIpc) is 3.16. The van der Waals surface area contributed by atoms with Gasteiger partial charge in [0.25, 0.3) is 5.91 Å². The molecule has 162 valence electrons. The molecule has 3 heterocycles. The molecule has 0 radical (unpaired) electrons. The van der Waals surface area contributed by atoms with Gasteiger partial charge in [-0.25, -0.2) is 9.97 Å². The lowest BCUT2D eigenvalue weighted by Gasteiger charge is -2.27. The number of benzene rings is 1. The molecule has 1 aliphatic rings. The quantitative estimate of drug-likeness (QED) is 0.631. The van der Waals surface area contributed by atoms with Crippen molar-refractivity contribution in [2.75, 3.05) is 36.5 Å². The maximum atomic E-state index is 12.8. The van der Waals surface area contributed by atoms with E-state index in [0.29, 0.717) is 40.0 Å². The number of hydrogen-bond acceptors (Lipinski definition) is 6. The number of morpholine rings is 1. The highest BCUT2D eigenvalue weighted by atomic mass is 32.1. The van der Waals surface area contributed by atoms with Crippen molar-refractivity contribution in [1.82, 2.24) is 9.97 Å². The predicted molar refractivity (Wildman–Crippen MR) is 113 cm³/mol. The van der Waals surface area contributed by atoms with E-state index in [1.807, 2.05) is 6.07 Å². The lowest BCUT2D eigenvalue weighted by atomic mass is 10.1. The third-order valence-corrected chi connectivity index (χ3v) is 6.01. The van der Waals surface area contributed by atoms with Gasteiger partial charge in [-0.1, -0.05) is 12.1 Å². The molecular formula is C21H19F3N4O2S. The third kappa shape index (κ3) is 4.86. The number of amides is 1. The Balaban J connectivity index is 1.46. The van der Waals surface area contributed by atoms with E-state index in [9.17, 15) is 18.0 Å². The van der Waals surface area contributed by atoms with E-state index in [0.717, 1.165) is 42.4 Å². The Labute approximate surface area is 180 Å². The highest BCUT2D eigenvalue weighted by molar-refractivity contribution is 7.17. The Hall–Kier alpha value is -2.98. The summed E-state index contributed by atoms with van der Waals surface area (Å²) in [5.41, 5.74) is 0.855. The van der Waals surface area contributed by atoms with Crippen LogP contribution in [0.5, 0.6) is 0 Å². The fourth-order valence-corrected chi connectivity index (χ4v) is 4.13. The second-order valence-corrected chi connectivity index (χ2v) is 7.97. The molecule has 1 saturated heterocycles. The number of ether oxygens (including phenoxy) is 1. The van der Waals surface area contributed by atoms with E-state index in [1.54, 1.807) is 19.2 Å². The van der Waals surface area contributed by atoms with Crippen molar-refractivity contribution < 1.29 is 22.7 Å². The number of anilines is 2. The lowest BCUT2D eigenvalue weighted by molar-refractivity contribution is -0.137. The number of hydrogen-bond donors (Lipinski definition) is 1. The van der Waals surface area contributed by atoms with Crippen molar-refractivity contribution in [1.29, 1.82) is 0 Å². The summed E-state index contributed by atoms with van der Waals surface area (Å²) in [6, 6.07) is 8.35. The number of nitrogens with one attached hydrogen (secondary N) is 1. The summed E-state index contributed by atoms with van der Waals surface area (Å²) in [4.78, 5) is 24.0. The summed E-state index contributed by atoms with van der Waals surface area (Å²) in [5, 5.41) is 3.28. The van der Waals surface area contributed by atoms with E-state index < -0.39 is 11.7 Å². The molecule has 1 aliphatic heterocycles. The maximum Gasteiger partial charge on any atom is 0.416 e. The molecule has 1 fully saturated rings. The van der Waals surface area contributed by atoms with Gasteiger partial charge in [-0.2, -0.15) is 13.2 Å². The normalized spacial score (nSPS) is 14.5. The number of aromatic nitrogens is 2. The van der Waals surface area contributed by atoms with Gasteiger partial charge in [0, 0.05) is 18.7 Å². The van der Waals surface area contributed by atoms with Crippen molar-refractivity contribution in [3.05, 3.63) is 58.7 Å². The number of aryl methyl sites for hydroxylation is 1. The first-order chi connectivity index (χ1) is 14.8. The van der Waals surface area contributed by atoms with E-state index >= 15 is 0 Å². The number of alkyl halides is 3. The lowest BCUT2D eigenvalue weighted by Crippen LogP contribution is -2.36. The minimum atomic E-state index is -4.40. The summed E-state index contributed by atoms with van der Waals surface area (Å²) < 4.78 is 43.6. The molecule has 0 unspecified atom stereocenters. The molecule has 1 aromatic carbocycles. The first kappa shape index (κ1) is 21.3. The molecule has 4 rings (SSSR count). The predicted octanol–water partition coefficient (Wildman–Crippen LogP) is 4.62. The molecule has 0 saturated carbocycles. The fourth-order valence-electron chi connectivity index (χ4n) is 3.16. The van der Waals surface area contributed by atoms with Crippen molar-refractivity contribution in [2.45, 2.75) is 13.1 Å². The Morgan fingerprint density at radius 1 is 1.13 bits per heavy atom. The van der Waals surface area contributed by atoms with Crippen molar-refractivity contribution in [2.24, 2.45) is 0 Å². The number of carbonyl (C=O) groups is 1. The van der Waals surface area contributed by atoms with Gasteiger partial charge in [0.15, 0.2) is 0 Å². The largest absolute Gasteiger partial charge is 0.416 e. The molecule has 10 heteroatoms. The monoisotopic (exact) mass is 448 g/mol. The number of halogens is 3. The third-order valence-electron chi connectivity index (χ3n) is 4.80. The molecular weight excluding hydrogens is 429 g/mol. The van der Waals surface area contributed by atoms with Gasteiger partial charge in [-0.3, -0.25) is 4.79 Å². The first-order valence-corrected chi connectivity index (χ1v) is 10.4. The second-order valence-electron chi connectivity index (χ2n) is 6.97. The van der Waals surface area contributed by atoms with Gasteiger partial charge in [0.1, 0.15) is 15.7 Å². The van der Waals surface area contributed by atoms with Gasteiger partial charge < -0.3 is 15.0 Å². The Morgan fingerprint density at radius 3 is 2.45 bits per heavy atom. The molecule has 0 spiro atoms. The molecule has 1 amide bonds. The highest BCUT2D eigenvalue weighted by Crippen LogP contribution is 2.33. The highest BCUT2D eigenvalue weighted by Gasteiger charge is 2.30. The number of thiazole rings is 1. The van der Waals surface area contributed by atoms with Gasteiger partial charge in [0.2, 0.25) is 0 Å². The van der Waals surface area contributed by atoms with Crippen LogP contribution in [0.3, 0.4) is 0 Å². The molecule has 6 nitrogen and oxygen atoms in total. The van der Waals surface area contributed by atoms with Crippen LogP contribution < -0.4 is 10.2 Å². The Morgan fingerprint density at radius 2 is 1.84 bits per heavy atom. The van der Waals surface area contributed by atoms with Crippen molar-refractivity contribution in [3.8, 4) is 10.6 Å². The zero-order chi connectivity index (χ0) is 22.0. The van der Waals surface area contributed by atoms with E-state index in [4.69, 9.17) is 4.74 Å². The number of nitrogens with zero attached hydrogens (tertiary/aromatic N) is 3. The van der Waals surface area contributed by atoms with Crippen LogP contribution in [0.1, 0.15) is 20.9 Å². The molecule has 0 bridgehead atoms. The Bertz CT molecular complexity index is 1060. The molecule has 0 aliphatic carbocycles. The zero-order valence-corrected chi connectivity index (χ0v) is 17.4. The smallest absolute Gasteiger partial charge is 0.378 e. The minimum Gasteiger partial charge on any atom is -0.378 e. The molecule has 1 N–H and O–H groups in total. The Kier molecular flexibility index (Phi) is 5.92. The summed E-state index contributed by atoms with van der Waals surface area (Å²) in [6.45, 7) is 4.55. The van der Waals surface area contributed by atoms with E-state index in [1.165, 1.54) is 12.1 Å². The van der Waals surface area contributed by atoms with Gasteiger partial charge >= 0.3 is 6.18 Å². The molecule has 0 atom stereocenters. The number of rotatable bonds is 4. The molecule has 31 heavy (non-hydrogen) atoms. The standard InChI is InChI=1S/C21H19F3N4O2S/c1-13-18(31-20(26-13)14-2-4-15(5-3-14)21(22,23)24)19(29)27-16-6-7-17(25-12-16)28-8-10-30-11-9-28/h2-7,12H,8-11H2,1H3,(H,27,29). The second kappa shape index (κ2) is 8.64. The summed E-state index contributed by atoms with van der Waals surface area (Å²) >= 11 is 1.13. The summed E-state index contributed by atoms with van der Waals surface area (Å²) in [7, 11) is 0. The van der Waals surface area contributed by atoms with E-state index in [-0.39, 0.29) is 5.91 Å². The van der Waals surface area contributed by atoms with Crippen molar-refractivity contribution >= 4 is 28.7 Å². The van der Waals surface area contributed by atoms with Crippen LogP contribution in [0, 0.1) is 6.92 Å². The van der Waals surface area contributed by atoms with Crippen LogP contribution >= 0.6 is 11.3 Å².